The lowest BCUT2D eigenvalue weighted by Crippen LogP contribution is -2.31. The van der Waals surface area contributed by atoms with Gasteiger partial charge in [-0.1, -0.05) is 5.11 Å². The normalized spacial score (nSPS) is 26.8. The third kappa shape index (κ3) is 2.43. The number of ether oxygens (including phenoxy) is 1. The van der Waals surface area contributed by atoms with Gasteiger partial charge in [-0.3, -0.25) is 14.3 Å². The molecule has 2 N–H and O–H groups in total. The van der Waals surface area contributed by atoms with E-state index < -0.39 is 29.7 Å². The van der Waals surface area contributed by atoms with Crippen molar-refractivity contribution in [2.24, 2.45) is 5.11 Å². The van der Waals surface area contributed by atoms with Crippen molar-refractivity contribution in [3.05, 3.63) is 43.5 Å². The predicted octanol–water partition coefficient (Wildman–Crippen LogP) is -0.505. The maximum absolute atomic E-state index is 11.5. The molecule has 9 heteroatoms. The first-order valence-corrected chi connectivity index (χ1v) is 5.27. The van der Waals surface area contributed by atoms with Crippen LogP contribution < -0.4 is 11.2 Å². The summed E-state index contributed by atoms with van der Waals surface area (Å²) >= 11 is 0. The number of aromatic amines is 1. The van der Waals surface area contributed by atoms with Crippen LogP contribution in [0.2, 0.25) is 0 Å². The van der Waals surface area contributed by atoms with Crippen molar-refractivity contribution in [3.63, 3.8) is 0 Å². The van der Waals surface area contributed by atoms with Gasteiger partial charge in [0.25, 0.3) is 5.56 Å². The van der Waals surface area contributed by atoms with Crippen LogP contribution in [-0.2, 0) is 4.74 Å². The maximum atomic E-state index is 11.5. The number of nitrogens with zero attached hydrogens (tertiary/aromatic N) is 4. The monoisotopic (exact) mass is 253 g/mol. The van der Waals surface area contributed by atoms with Gasteiger partial charge in [0.05, 0.1) is 18.8 Å². The highest BCUT2D eigenvalue weighted by molar-refractivity contribution is 4.88. The zero-order valence-electron chi connectivity index (χ0n) is 9.26. The van der Waals surface area contributed by atoms with Crippen LogP contribution in [0.5, 0.6) is 0 Å². The van der Waals surface area contributed by atoms with Gasteiger partial charge in [0.2, 0.25) is 0 Å². The van der Waals surface area contributed by atoms with Crippen LogP contribution in [0.3, 0.4) is 0 Å². The molecule has 2 rings (SSSR count). The zero-order valence-corrected chi connectivity index (χ0v) is 9.26. The van der Waals surface area contributed by atoms with Crippen LogP contribution in [0.25, 0.3) is 10.4 Å². The van der Waals surface area contributed by atoms with E-state index in [2.05, 4.69) is 15.0 Å². The number of aliphatic hydroxyl groups is 1. The molecular formula is C9H11N5O4. The van der Waals surface area contributed by atoms with E-state index in [-0.39, 0.29) is 13.0 Å². The minimum Gasteiger partial charge on any atom is -0.390 e. The molecule has 0 radical (unpaired) electrons. The molecule has 18 heavy (non-hydrogen) atoms. The molecule has 96 valence electrons. The third-order valence-corrected chi connectivity index (χ3v) is 2.69. The quantitative estimate of drug-likeness (QED) is 0.426. The molecular weight excluding hydrogens is 242 g/mol. The Labute approximate surface area is 100 Å². The van der Waals surface area contributed by atoms with Crippen molar-refractivity contribution in [2.45, 2.75) is 24.9 Å². The molecule has 0 amide bonds. The minimum atomic E-state index is -0.820. The zero-order chi connectivity index (χ0) is 13.1. The van der Waals surface area contributed by atoms with Crippen molar-refractivity contribution < 1.29 is 9.84 Å². The van der Waals surface area contributed by atoms with Gasteiger partial charge in [-0.15, -0.1) is 0 Å². The highest BCUT2D eigenvalue weighted by atomic mass is 16.5. The molecule has 0 aromatic carbocycles. The number of H-pyrrole nitrogens is 1. The Morgan fingerprint density at radius 1 is 1.67 bits per heavy atom. The number of rotatable bonds is 3. The average molecular weight is 253 g/mol. The van der Waals surface area contributed by atoms with Crippen LogP contribution in [0.1, 0.15) is 12.6 Å². The van der Waals surface area contributed by atoms with E-state index >= 15 is 0 Å². The van der Waals surface area contributed by atoms with Gasteiger partial charge >= 0.3 is 5.69 Å². The molecule has 1 aliphatic heterocycles. The van der Waals surface area contributed by atoms with Crippen molar-refractivity contribution >= 4 is 0 Å². The first-order chi connectivity index (χ1) is 8.61. The first-order valence-electron chi connectivity index (χ1n) is 5.27. The fraction of sp³-hybridized carbons (Fsp3) is 0.556. The van der Waals surface area contributed by atoms with E-state index in [1.165, 1.54) is 16.8 Å². The first kappa shape index (κ1) is 12.4. The van der Waals surface area contributed by atoms with Gasteiger partial charge in [-0.05, 0) is 5.53 Å². The Kier molecular flexibility index (Phi) is 3.47. The molecule has 0 aliphatic carbocycles. The average Bonchev–Trinajstić information content (AvgIpc) is 2.68. The fourth-order valence-electron chi connectivity index (χ4n) is 1.82. The molecule has 3 atom stereocenters. The van der Waals surface area contributed by atoms with Crippen molar-refractivity contribution in [3.8, 4) is 0 Å². The Bertz CT molecular complexity index is 587. The Morgan fingerprint density at radius 3 is 3.11 bits per heavy atom. The highest BCUT2D eigenvalue weighted by Crippen LogP contribution is 2.27. The Hall–Kier alpha value is -2.09. The second-order valence-electron chi connectivity index (χ2n) is 3.86. The summed E-state index contributed by atoms with van der Waals surface area (Å²) in [6, 6.07) is 1.19. The van der Waals surface area contributed by atoms with Crippen LogP contribution >= 0.6 is 0 Å². The molecule has 1 aliphatic rings. The van der Waals surface area contributed by atoms with E-state index in [0.29, 0.717) is 0 Å². The molecule has 1 unspecified atom stereocenters. The Balaban J connectivity index is 2.19. The largest absolute Gasteiger partial charge is 0.390 e. The summed E-state index contributed by atoms with van der Waals surface area (Å²) in [4.78, 5) is 27.1. The lowest BCUT2D eigenvalue weighted by molar-refractivity contribution is -0.0150. The molecule has 1 fully saturated rings. The van der Waals surface area contributed by atoms with Gasteiger partial charge in [0, 0.05) is 23.6 Å². The minimum absolute atomic E-state index is 0.00767. The number of aromatic nitrogens is 2. The molecule has 9 nitrogen and oxygen atoms in total. The summed E-state index contributed by atoms with van der Waals surface area (Å²) in [5, 5.41) is 13.0. The number of aliphatic hydroxyl groups excluding tert-OH is 1. The van der Waals surface area contributed by atoms with Gasteiger partial charge in [-0.25, -0.2) is 4.79 Å². The number of hydrogen-bond donors (Lipinski definition) is 2. The molecule has 1 saturated heterocycles. The van der Waals surface area contributed by atoms with Gasteiger partial charge in [-0.2, -0.15) is 0 Å². The van der Waals surface area contributed by atoms with E-state index in [1.807, 2.05) is 0 Å². The predicted molar refractivity (Wildman–Crippen MR) is 59.9 cm³/mol. The van der Waals surface area contributed by atoms with Crippen LogP contribution in [0, 0.1) is 0 Å². The fourth-order valence-corrected chi connectivity index (χ4v) is 1.82. The van der Waals surface area contributed by atoms with Crippen molar-refractivity contribution in [1.29, 1.82) is 0 Å². The van der Waals surface area contributed by atoms with Crippen LogP contribution in [-0.4, -0.2) is 33.4 Å². The maximum Gasteiger partial charge on any atom is 0.330 e. The summed E-state index contributed by atoms with van der Waals surface area (Å²) in [5.74, 6) is 0. The third-order valence-electron chi connectivity index (χ3n) is 2.69. The molecule has 0 saturated carbocycles. The van der Waals surface area contributed by atoms with Crippen LogP contribution in [0.4, 0.5) is 0 Å². The van der Waals surface area contributed by atoms with E-state index in [4.69, 9.17) is 10.3 Å². The number of hydrogen-bond acceptors (Lipinski definition) is 5. The standard InChI is InChI=1S/C9H11N5O4/c10-13-11-4-6-5(15)3-8(18-6)14-2-1-7(16)12-9(14)17/h1-2,5-6,8,15H,3-4H2,(H,12,16,17)/t5?,6-,8-/m0/s1. The van der Waals surface area contributed by atoms with Crippen molar-refractivity contribution in [1.82, 2.24) is 9.55 Å². The topological polar surface area (TPSA) is 133 Å². The SMILES string of the molecule is [N-]=[N+]=NC[C@@H]1O[C@H](n2ccc(=O)[nH]c2=O)CC1O. The lowest BCUT2D eigenvalue weighted by Gasteiger charge is -2.13. The molecule has 2 heterocycles. The van der Waals surface area contributed by atoms with Gasteiger partial charge in [0.1, 0.15) is 6.23 Å². The van der Waals surface area contributed by atoms with E-state index in [9.17, 15) is 14.7 Å². The summed E-state index contributed by atoms with van der Waals surface area (Å²) < 4.78 is 6.59. The van der Waals surface area contributed by atoms with Gasteiger partial charge < -0.3 is 9.84 Å². The molecule has 1 aromatic rings. The number of nitrogens with one attached hydrogen (secondary N) is 1. The smallest absolute Gasteiger partial charge is 0.330 e. The second kappa shape index (κ2) is 5.05. The van der Waals surface area contributed by atoms with E-state index in [0.717, 1.165) is 0 Å². The van der Waals surface area contributed by atoms with E-state index in [1.54, 1.807) is 0 Å². The summed E-state index contributed by atoms with van der Waals surface area (Å²) in [5.41, 5.74) is 7.09. The summed E-state index contributed by atoms with van der Waals surface area (Å²) in [7, 11) is 0. The molecule has 0 bridgehead atoms. The lowest BCUT2D eigenvalue weighted by atomic mass is 10.2. The van der Waals surface area contributed by atoms with Gasteiger partial charge in [0.15, 0.2) is 0 Å². The molecule has 1 aromatic heterocycles. The highest BCUT2D eigenvalue weighted by Gasteiger charge is 2.34. The number of azide groups is 1. The van der Waals surface area contributed by atoms with Crippen molar-refractivity contribution in [2.75, 3.05) is 6.54 Å². The second-order valence-corrected chi connectivity index (χ2v) is 3.86. The summed E-state index contributed by atoms with van der Waals surface area (Å²) in [6.45, 7) is -0.00767. The Morgan fingerprint density at radius 2 is 2.44 bits per heavy atom. The molecule has 0 spiro atoms. The summed E-state index contributed by atoms with van der Waals surface area (Å²) in [6.07, 6.45) is -0.654. The van der Waals surface area contributed by atoms with Crippen LogP contribution in [0.15, 0.2) is 27.0 Å².